The Kier molecular flexibility index (Phi) is 14.9. The highest BCUT2D eigenvalue weighted by Gasteiger charge is 2.46. The topological polar surface area (TPSA) is 193 Å². The van der Waals surface area contributed by atoms with Gasteiger partial charge in [-0.3, -0.25) is 33.6 Å². The zero-order valence-corrected chi connectivity index (χ0v) is 32.5. The molecule has 2 aliphatic heterocycles. The van der Waals surface area contributed by atoms with Gasteiger partial charge in [-0.1, -0.05) is 76.6 Å². The molecule has 0 spiro atoms. The smallest absolute Gasteiger partial charge is 0.290 e. The fraction of sp³-hybridized carbons (Fsp3) is 0.525. The molecule has 55 heavy (non-hydrogen) atoms. The Bertz CT molecular complexity index is 1710. The summed E-state index contributed by atoms with van der Waals surface area (Å²) < 4.78 is 12.0. The van der Waals surface area contributed by atoms with Crippen LogP contribution in [0.15, 0.2) is 54.6 Å². The van der Waals surface area contributed by atoms with Crippen LogP contribution in [0.5, 0.6) is 5.75 Å². The van der Waals surface area contributed by atoms with Gasteiger partial charge in [-0.15, -0.1) is 0 Å². The van der Waals surface area contributed by atoms with E-state index < -0.39 is 71.6 Å². The maximum atomic E-state index is 14.3. The zero-order valence-electron chi connectivity index (χ0n) is 32.5. The van der Waals surface area contributed by atoms with Gasteiger partial charge in [0.05, 0.1) is 38.3 Å². The van der Waals surface area contributed by atoms with E-state index in [4.69, 9.17) is 9.47 Å². The van der Waals surface area contributed by atoms with E-state index in [-0.39, 0.29) is 37.6 Å². The van der Waals surface area contributed by atoms with Crippen molar-refractivity contribution in [2.24, 2.45) is 5.41 Å². The highest BCUT2D eigenvalue weighted by Crippen LogP contribution is 2.28. The normalized spacial score (nSPS) is 20.3. The van der Waals surface area contributed by atoms with Crippen molar-refractivity contribution in [1.29, 1.82) is 0 Å². The first kappa shape index (κ1) is 42.4. The maximum Gasteiger partial charge on any atom is 0.290 e. The number of hydrogen-bond donors (Lipinski definition) is 4. The number of benzene rings is 2. The Balaban J connectivity index is 1.47. The lowest BCUT2D eigenvalue weighted by atomic mass is 9.85. The number of ether oxygens (including phenoxy) is 2. The van der Waals surface area contributed by atoms with E-state index in [9.17, 15) is 33.6 Å². The van der Waals surface area contributed by atoms with Gasteiger partial charge in [-0.2, -0.15) is 0 Å². The van der Waals surface area contributed by atoms with Crippen LogP contribution in [0.1, 0.15) is 70.5 Å². The van der Waals surface area contributed by atoms with Crippen LogP contribution in [-0.2, 0) is 44.7 Å². The van der Waals surface area contributed by atoms with Gasteiger partial charge in [0, 0.05) is 33.5 Å². The van der Waals surface area contributed by atoms with Crippen molar-refractivity contribution in [2.45, 2.75) is 90.1 Å². The van der Waals surface area contributed by atoms with Gasteiger partial charge in [-0.05, 0) is 35.1 Å². The SMILES string of the molecule is CCC[C@H](NC(=O)[C@@H]1C[C@@H]2CN1C(=O)[C@H](C(C)(C)C)NC(=O)Cc1cccc(c1)OCCCO2)C(=O)C(=O)NCC(=O)N[C@H](C(=O)N(C)C)c1ccccc1. The van der Waals surface area contributed by atoms with Crippen molar-refractivity contribution in [1.82, 2.24) is 31.1 Å². The third kappa shape index (κ3) is 11.8. The van der Waals surface area contributed by atoms with Crippen molar-refractivity contribution in [3.8, 4) is 5.75 Å². The molecule has 5 atom stereocenters. The zero-order chi connectivity index (χ0) is 40.3. The molecule has 0 radical (unpaired) electrons. The summed E-state index contributed by atoms with van der Waals surface area (Å²) >= 11 is 0. The molecule has 6 amide bonds. The van der Waals surface area contributed by atoms with Gasteiger partial charge in [0.1, 0.15) is 23.9 Å². The highest BCUT2D eigenvalue weighted by molar-refractivity contribution is 6.38. The second kappa shape index (κ2) is 19.3. The lowest BCUT2D eigenvalue weighted by Crippen LogP contribution is -2.59. The van der Waals surface area contributed by atoms with Crippen molar-refractivity contribution in [3.63, 3.8) is 0 Å². The summed E-state index contributed by atoms with van der Waals surface area (Å²) in [5, 5.41) is 10.5. The lowest BCUT2D eigenvalue weighted by Gasteiger charge is -2.35. The van der Waals surface area contributed by atoms with Crippen LogP contribution in [-0.4, -0.2) is 116 Å². The van der Waals surface area contributed by atoms with Crippen LogP contribution >= 0.6 is 0 Å². The van der Waals surface area contributed by atoms with E-state index in [1.54, 1.807) is 75.6 Å². The molecular formula is C40H54N6O9. The molecule has 1 saturated heterocycles. The molecule has 2 aromatic rings. The summed E-state index contributed by atoms with van der Waals surface area (Å²) in [7, 11) is 3.11. The summed E-state index contributed by atoms with van der Waals surface area (Å²) in [5.41, 5.74) is 0.513. The Labute approximate surface area is 322 Å². The van der Waals surface area contributed by atoms with Gasteiger partial charge >= 0.3 is 0 Å². The molecule has 2 aromatic carbocycles. The highest BCUT2D eigenvalue weighted by atomic mass is 16.5. The molecule has 298 valence electrons. The van der Waals surface area contributed by atoms with E-state index >= 15 is 0 Å². The second-order valence-electron chi connectivity index (χ2n) is 15.2. The molecule has 1 fully saturated rings. The van der Waals surface area contributed by atoms with Crippen LogP contribution in [0, 0.1) is 5.41 Å². The minimum atomic E-state index is -1.25. The monoisotopic (exact) mass is 762 g/mol. The molecule has 0 aromatic heterocycles. The first-order chi connectivity index (χ1) is 26.1. The number of carbonyl (C=O) groups excluding carboxylic acids is 7. The predicted octanol–water partition coefficient (Wildman–Crippen LogP) is 1.44. The summed E-state index contributed by atoms with van der Waals surface area (Å²) in [5.74, 6) is -4.03. The van der Waals surface area contributed by atoms with Gasteiger partial charge in [0.2, 0.25) is 35.3 Å². The Hall–Kier alpha value is -5.31. The predicted molar refractivity (Wildman–Crippen MR) is 202 cm³/mol. The van der Waals surface area contributed by atoms with Gasteiger partial charge in [0.15, 0.2) is 0 Å². The molecule has 0 saturated carbocycles. The largest absolute Gasteiger partial charge is 0.493 e. The van der Waals surface area contributed by atoms with Crippen LogP contribution in [0.2, 0.25) is 0 Å². The van der Waals surface area contributed by atoms with E-state index in [1.807, 2.05) is 20.8 Å². The van der Waals surface area contributed by atoms with Crippen LogP contribution in [0.25, 0.3) is 0 Å². The summed E-state index contributed by atoms with van der Waals surface area (Å²) in [6, 6.07) is 11.5. The fourth-order valence-electron chi connectivity index (χ4n) is 6.50. The van der Waals surface area contributed by atoms with E-state index in [0.717, 1.165) is 0 Å². The average molecular weight is 763 g/mol. The number of nitrogens with one attached hydrogen (secondary N) is 4. The summed E-state index contributed by atoms with van der Waals surface area (Å²) in [4.78, 5) is 96.5. The molecule has 15 nitrogen and oxygen atoms in total. The van der Waals surface area contributed by atoms with Crippen molar-refractivity contribution < 1.29 is 43.0 Å². The molecule has 2 heterocycles. The Morgan fingerprint density at radius 2 is 1.71 bits per heavy atom. The van der Waals surface area contributed by atoms with E-state index in [0.29, 0.717) is 42.9 Å². The quantitative estimate of drug-likeness (QED) is 0.246. The van der Waals surface area contributed by atoms with Crippen molar-refractivity contribution in [3.05, 3.63) is 65.7 Å². The number of likely N-dealkylation sites (N-methyl/N-ethyl adjacent to an activating group) is 1. The lowest BCUT2D eigenvalue weighted by molar-refractivity contribution is -0.145. The van der Waals surface area contributed by atoms with Crippen LogP contribution in [0.4, 0.5) is 0 Å². The van der Waals surface area contributed by atoms with Crippen molar-refractivity contribution >= 4 is 41.2 Å². The Morgan fingerprint density at radius 1 is 0.982 bits per heavy atom. The first-order valence-corrected chi connectivity index (χ1v) is 18.7. The van der Waals surface area contributed by atoms with E-state index in [1.165, 1.54) is 9.80 Å². The number of fused-ring (bicyclic) bond motifs is 4. The van der Waals surface area contributed by atoms with Crippen LogP contribution in [0.3, 0.4) is 0 Å². The maximum absolute atomic E-state index is 14.3. The fourth-order valence-corrected chi connectivity index (χ4v) is 6.50. The number of ketones is 1. The summed E-state index contributed by atoms with van der Waals surface area (Å²) in [6.45, 7) is 7.37. The van der Waals surface area contributed by atoms with Crippen molar-refractivity contribution in [2.75, 3.05) is 40.4 Å². The molecule has 0 unspecified atom stereocenters. The molecule has 2 aliphatic rings. The van der Waals surface area contributed by atoms with E-state index in [2.05, 4.69) is 21.3 Å². The number of nitrogens with zero attached hydrogens (tertiary/aromatic N) is 2. The first-order valence-electron chi connectivity index (χ1n) is 18.7. The molecule has 4 bridgehead atoms. The number of amides is 6. The second-order valence-corrected chi connectivity index (χ2v) is 15.2. The minimum Gasteiger partial charge on any atom is -0.493 e. The standard InChI is InChI=1S/C40H54N6O9/c1-7-13-29(34(49)37(51)41-23-32(48)43-33(38(52)45(5)6)26-15-9-8-10-16-26)42-36(50)30-22-28-24-46(30)39(53)35(40(2,3)4)44-31(47)21-25-14-11-17-27(20-25)54-18-12-19-55-28/h8-11,14-17,20,28-30,33,35H,7,12-13,18-19,21-24H2,1-6H3,(H,41,51)(H,42,50)(H,43,48)(H,44,47)/t28-,29+,30+,33+,35-/m1/s1. The number of rotatable bonds is 11. The van der Waals surface area contributed by atoms with Gasteiger partial charge in [0.25, 0.3) is 5.91 Å². The third-order valence-corrected chi connectivity index (χ3v) is 9.41. The molecule has 4 N–H and O–H groups in total. The summed E-state index contributed by atoms with van der Waals surface area (Å²) in [6.07, 6.45) is 0.692. The number of hydrogen-bond acceptors (Lipinski definition) is 9. The van der Waals surface area contributed by atoms with Gasteiger partial charge in [-0.25, -0.2) is 0 Å². The molecule has 0 aliphatic carbocycles. The molecule has 15 heteroatoms. The number of carbonyl (C=O) groups is 7. The average Bonchev–Trinajstić information content (AvgIpc) is 3.58. The molecule has 4 rings (SSSR count). The molecular weight excluding hydrogens is 708 g/mol. The van der Waals surface area contributed by atoms with Gasteiger partial charge < -0.3 is 40.5 Å². The third-order valence-electron chi connectivity index (χ3n) is 9.41. The van der Waals surface area contributed by atoms with Crippen LogP contribution < -0.4 is 26.0 Å². The number of Topliss-reactive ketones (excluding diaryl/α,β-unsaturated/α-hetero) is 1. The minimum absolute atomic E-state index is 0.0130. The Morgan fingerprint density at radius 3 is 2.38 bits per heavy atom.